The first-order chi connectivity index (χ1) is 12.2. The van der Waals surface area contributed by atoms with E-state index in [-0.39, 0.29) is 17.7 Å². The van der Waals surface area contributed by atoms with E-state index in [1.54, 1.807) is 0 Å². The maximum Gasteiger partial charge on any atom is 0.416 e. The Labute approximate surface area is 147 Å². The molecule has 3 nitrogen and oxygen atoms in total. The van der Waals surface area contributed by atoms with Gasteiger partial charge in [0.25, 0.3) is 0 Å². The zero-order valence-corrected chi connectivity index (χ0v) is 13.8. The van der Waals surface area contributed by atoms with Crippen molar-refractivity contribution in [2.24, 2.45) is 5.92 Å². The van der Waals surface area contributed by atoms with Crippen LogP contribution in [0.4, 0.5) is 17.6 Å². The molecule has 1 unspecified atom stereocenters. The van der Waals surface area contributed by atoms with Crippen molar-refractivity contribution in [3.63, 3.8) is 0 Å². The number of carbonyl (C=O) groups is 2. The third-order valence-corrected chi connectivity index (χ3v) is 3.76. The Morgan fingerprint density at radius 2 is 1.65 bits per heavy atom. The number of ether oxygens (including phenoxy) is 1. The van der Waals surface area contributed by atoms with Crippen LogP contribution in [-0.4, -0.2) is 18.4 Å². The standard InChI is InChI=1S/C19H16F4O3/c1-2-26-18(25)15(17(24)12-7-9-14(20)10-8-12)11-13-5-3-4-6-16(13)19(21,22)23/h3-10,15H,2,11H2,1H3. The molecular formula is C19H16F4O3. The number of hydrogen-bond donors (Lipinski definition) is 0. The monoisotopic (exact) mass is 368 g/mol. The third-order valence-electron chi connectivity index (χ3n) is 3.76. The van der Waals surface area contributed by atoms with Gasteiger partial charge in [-0.1, -0.05) is 18.2 Å². The van der Waals surface area contributed by atoms with E-state index in [2.05, 4.69) is 0 Å². The molecule has 0 aliphatic rings. The molecular weight excluding hydrogens is 352 g/mol. The lowest BCUT2D eigenvalue weighted by atomic mass is 9.89. The molecule has 0 bridgehead atoms. The van der Waals surface area contributed by atoms with Crippen molar-refractivity contribution in [1.82, 2.24) is 0 Å². The van der Waals surface area contributed by atoms with Crippen molar-refractivity contribution in [2.45, 2.75) is 19.5 Å². The summed E-state index contributed by atoms with van der Waals surface area (Å²) in [5, 5.41) is 0. The highest BCUT2D eigenvalue weighted by molar-refractivity contribution is 6.08. The van der Waals surface area contributed by atoms with Crippen molar-refractivity contribution in [3.05, 3.63) is 71.0 Å². The molecule has 26 heavy (non-hydrogen) atoms. The average Bonchev–Trinajstić information content (AvgIpc) is 2.59. The maximum absolute atomic E-state index is 13.2. The van der Waals surface area contributed by atoms with Gasteiger partial charge in [-0.2, -0.15) is 13.2 Å². The smallest absolute Gasteiger partial charge is 0.416 e. The van der Waals surface area contributed by atoms with Crippen LogP contribution < -0.4 is 0 Å². The van der Waals surface area contributed by atoms with E-state index in [4.69, 9.17) is 4.74 Å². The molecule has 0 spiro atoms. The summed E-state index contributed by atoms with van der Waals surface area (Å²) >= 11 is 0. The largest absolute Gasteiger partial charge is 0.465 e. The van der Waals surface area contributed by atoms with Gasteiger partial charge in [-0.25, -0.2) is 4.39 Å². The first kappa shape index (κ1) is 19.6. The van der Waals surface area contributed by atoms with Gasteiger partial charge in [0.2, 0.25) is 0 Å². The van der Waals surface area contributed by atoms with Crippen LogP contribution in [0.3, 0.4) is 0 Å². The molecule has 138 valence electrons. The number of alkyl halides is 3. The number of halogens is 4. The second-order valence-corrected chi connectivity index (χ2v) is 5.53. The summed E-state index contributed by atoms with van der Waals surface area (Å²) in [6, 6.07) is 9.17. The van der Waals surface area contributed by atoms with Crippen LogP contribution in [0.1, 0.15) is 28.4 Å². The molecule has 0 saturated heterocycles. The normalized spacial score (nSPS) is 12.5. The minimum atomic E-state index is -4.62. The van der Waals surface area contributed by atoms with Gasteiger partial charge in [0.05, 0.1) is 12.2 Å². The topological polar surface area (TPSA) is 43.4 Å². The lowest BCUT2D eigenvalue weighted by Crippen LogP contribution is -2.29. The molecule has 0 fully saturated rings. The SMILES string of the molecule is CCOC(=O)C(Cc1ccccc1C(F)(F)F)C(=O)c1ccc(F)cc1. The first-order valence-corrected chi connectivity index (χ1v) is 7.85. The van der Waals surface area contributed by atoms with E-state index in [1.807, 2.05) is 0 Å². The predicted molar refractivity (Wildman–Crippen MR) is 86.0 cm³/mol. The van der Waals surface area contributed by atoms with Crippen LogP contribution >= 0.6 is 0 Å². The second-order valence-electron chi connectivity index (χ2n) is 5.53. The number of hydrogen-bond acceptors (Lipinski definition) is 3. The highest BCUT2D eigenvalue weighted by Crippen LogP contribution is 2.33. The van der Waals surface area contributed by atoms with Gasteiger partial charge in [-0.05, 0) is 49.2 Å². The van der Waals surface area contributed by atoms with Gasteiger partial charge in [0.15, 0.2) is 5.78 Å². The Kier molecular flexibility index (Phi) is 6.13. The molecule has 2 aromatic rings. The number of benzene rings is 2. The van der Waals surface area contributed by atoms with Gasteiger partial charge in [-0.15, -0.1) is 0 Å². The Bertz CT molecular complexity index is 782. The second kappa shape index (κ2) is 8.12. The summed E-state index contributed by atoms with van der Waals surface area (Å²) in [6.07, 6.45) is -5.08. The summed E-state index contributed by atoms with van der Waals surface area (Å²) in [5.41, 5.74) is -1.08. The van der Waals surface area contributed by atoms with Crippen LogP contribution in [0, 0.1) is 11.7 Å². The molecule has 2 aromatic carbocycles. The highest BCUT2D eigenvalue weighted by Gasteiger charge is 2.36. The summed E-state index contributed by atoms with van der Waals surface area (Å²) in [6.45, 7) is 1.51. The molecule has 0 N–H and O–H groups in total. The quantitative estimate of drug-likeness (QED) is 0.327. The van der Waals surface area contributed by atoms with Crippen molar-refractivity contribution in [3.8, 4) is 0 Å². The van der Waals surface area contributed by atoms with Gasteiger partial charge in [0, 0.05) is 5.56 Å². The zero-order chi connectivity index (χ0) is 19.3. The highest BCUT2D eigenvalue weighted by atomic mass is 19.4. The Morgan fingerprint density at radius 3 is 2.23 bits per heavy atom. The van der Waals surface area contributed by atoms with Crippen LogP contribution in [0.5, 0.6) is 0 Å². The number of Topliss-reactive ketones (excluding diaryl/α,β-unsaturated/α-hetero) is 1. The molecule has 1 atom stereocenters. The first-order valence-electron chi connectivity index (χ1n) is 7.85. The lowest BCUT2D eigenvalue weighted by molar-refractivity contribution is -0.147. The van der Waals surface area contributed by atoms with Crippen molar-refractivity contribution in [2.75, 3.05) is 6.61 Å². The molecule has 0 saturated carbocycles. The number of esters is 1. The Hall–Kier alpha value is -2.70. The average molecular weight is 368 g/mol. The molecule has 7 heteroatoms. The van der Waals surface area contributed by atoms with E-state index in [0.29, 0.717) is 0 Å². The Morgan fingerprint density at radius 1 is 1.04 bits per heavy atom. The fraction of sp³-hybridized carbons (Fsp3) is 0.263. The maximum atomic E-state index is 13.2. The number of ketones is 1. The molecule has 0 heterocycles. The van der Waals surface area contributed by atoms with Crippen molar-refractivity contribution < 1.29 is 31.9 Å². The molecule has 0 amide bonds. The van der Waals surface area contributed by atoms with E-state index in [0.717, 1.165) is 18.2 Å². The molecule has 0 aromatic heterocycles. The van der Waals surface area contributed by atoms with Crippen molar-refractivity contribution in [1.29, 1.82) is 0 Å². The van der Waals surface area contributed by atoms with Gasteiger partial charge >= 0.3 is 12.1 Å². The zero-order valence-electron chi connectivity index (χ0n) is 13.8. The summed E-state index contributed by atoms with van der Waals surface area (Å²) < 4.78 is 57.4. The lowest BCUT2D eigenvalue weighted by Gasteiger charge is -2.18. The fourth-order valence-corrected chi connectivity index (χ4v) is 2.54. The number of rotatable bonds is 6. The van der Waals surface area contributed by atoms with Crippen LogP contribution in [-0.2, 0) is 22.1 Å². The van der Waals surface area contributed by atoms with E-state index in [9.17, 15) is 27.2 Å². The van der Waals surface area contributed by atoms with Crippen LogP contribution in [0.25, 0.3) is 0 Å². The predicted octanol–water partition coefficient (Wildman–Crippen LogP) is 4.45. The van der Waals surface area contributed by atoms with E-state index >= 15 is 0 Å². The Balaban J connectivity index is 2.39. The van der Waals surface area contributed by atoms with Crippen LogP contribution in [0.2, 0.25) is 0 Å². The minimum Gasteiger partial charge on any atom is -0.465 e. The summed E-state index contributed by atoms with van der Waals surface area (Å²) in [4.78, 5) is 24.8. The molecule has 0 aliphatic heterocycles. The van der Waals surface area contributed by atoms with Gasteiger partial charge < -0.3 is 4.74 Å². The van der Waals surface area contributed by atoms with Crippen molar-refractivity contribution >= 4 is 11.8 Å². The van der Waals surface area contributed by atoms with E-state index < -0.39 is 41.6 Å². The van der Waals surface area contributed by atoms with Crippen LogP contribution in [0.15, 0.2) is 48.5 Å². The molecule has 0 radical (unpaired) electrons. The van der Waals surface area contributed by atoms with Gasteiger partial charge in [-0.3, -0.25) is 9.59 Å². The molecule has 2 rings (SSSR count). The van der Waals surface area contributed by atoms with E-state index in [1.165, 1.54) is 37.3 Å². The van der Waals surface area contributed by atoms with Gasteiger partial charge in [0.1, 0.15) is 11.7 Å². The fourth-order valence-electron chi connectivity index (χ4n) is 2.54. The third kappa shape index (κ3) is 4.68. The number of carbonyl (C=O) groups excluding carboxylic acids is 2. The molecule has 0 aliphatic carbocycles. The summed E-state index contributed by atoms with van der Waals surface area (Å²) in [7, 11) is 0. The summed E-state index contributed by atoms with van der Waals surface area (Å²) in [5.74, 6) is -3.67. The minimum absolute atomic E-state index is 0.0209.